The zero-order valence-corrected chi connectivity index (χ0v) is 10.7. The number of halogens is 2. The van der Waals surface area contributed by atoms with Crippen LogP contribution >= 0.6 is 23.2 Å². The van der Waals surface area contributed by atoms with Gasteiger partial charge in [0, 0.05) is 18.0 Å². The van der Waals surface area contributed by atoms with Gasteiger partial charge in [0.2, 0.25) is 0 Å². The Hall–Kier alpha value is -0.990. The summed E-state index contributed by atoms with van der Waals surface area (Å²) in [6.07, 6.45) is 4.49. The summed E-state index contributed by atoms with van der Waals surface area (Å²) in [6, 6.07) is 7.90. The van der Waals surface area contributed by atoms with E-state index in [0.29, 0.717) is 16.8 Å². The zero-order valence-electron chi connectivity index (χ0n) is 9.24. The van der Waals surface area contributed by atoms with Crippen LogP contribution in [-0.4, -0.2) is 9.78 Å². The van der Waals surface area contributed by atoms with Crippen molar-refractivity contribution < 1.29 is 0 Å². The van der Waals surface area contributed by atoms with E-state index in [0.717, 1.165) is 11.3 Å². The first-order chi connectivity index (χ1) is 8.28. The maximum absolute atomic E-state index is 6.23. The van der Waals surface area contributed by atoms with Crippen LogP contribution in [0.3, 0.4) is 0 Å². The molecular weight excluding hydrogens is 255 g/mol. The smallest absolute Gasteiger partial charge is 0.0832 e. The highest BCUT2D eigenvalue weighted by Gasteiger charge is 2.26. The van der Waals surface area contributed by atoms with Gasteiger partial charge in [-0.1, -0.05) is 17.7 Å². The Morgan fingerprint density at radius 3 is 2.76 bits per heavy atom. The highest BCUT2D eigenvalue weighted by molar-refractivity contribution is 6.32. The zero-order chi connectivity index (χ0) is 11.8. The minimum atomic E-state index is 0.479. The van der Waals surface area contributed by atoms with Crippen molar-refractivity contribution >= 4 is 23.2 Å². The summed E-state index contributed by atoms with van der Waals surface area (Å²) in [4.78, 5) is 0. The first kappa shape index (κ1) is 11.1. The average molecular weight is 267 g/mol. The van der Waals surface area contributed by atoms with Crippen LogP contribution in [0.4, 0.5) is 0 Å². The van der Waals surface area contributed by atoms with E-state index < -0.39 is 0 Å². The van der Waals surface area contributed by atoms with Crippen molar-refractivity contribution in [3.63, 3.8) is 0 Å². The summed E-state index contributed by atoms with van der Waals surface area (Å²) in [7, 11) is 0. The van der Waals surface area contributed by atoms with Gasteiger partial charge in [-0.25, -0.2) is 4.68 Å². The normalized spacial score (nSPS) is 15.2. The molecule has 2 aromatic rings. The second-order valence-electron chi connectivity index (χ2n) is 4.38. The Kier molecular flexibility index (Phi) is 2.85. The molecular formula is C13H12Cl2N2. The molecule has 0 unspecified atom stereocenters. The van der Waals surface area contributed by atoms with Gasteiger partial charge in [0.1, 0.15) is 0 Å². The van der Waals surface area contributed by atoms with E-state index in [1.54, 1.807) is 0 Å². The molecule has 0 bridgehead atoms. The molecule has 4 heteroatoms. The lowest BCUT2D eigenvalue weighted by molar-refractivity contribution is 0.837. The number of benzene rings is 1. The Morgan fingerprint density at radius 2 is 2.12 bits per heavy atom. The van der Waals surface area contributed by atoms with Gasteiger partial charge < -0.3 is 0 Å². The summed E-state index contributed by atoms with van der Waals surface area (Å²) in [5.74, 6) is 1.14. The largest absolute Gasteiger partial charge is 0.239 e. The van der Waals surface area contributed by atoms with Crippen molar-refractivity contribution in [2.45, 2.75) is 24.6 Å². The number of rotatable bonds is 3. The lowest BCUT2D eigenvalue weighted by Gasteiger charge is -2.05. The Morgan fingerprint density at radius 1 is 1.29 bits per heavy atom. The standard InChI is InChI=1S/C13H12Cl2N2/c14-8-9-1-4-13(11(15)7-9)17-6-5-12(16-17)10-2-3-10/h1,4-7,10H,2-3,8H2. The van der Waals surface area contributed by atoms with Crippen molar-refractivity contribution in [3.05, 3.63) is 46.7 Å². The number of hydrogen-bond acceptors (Lipinski definition) is 1. The molecule has 1 aromatic carbocycles. The van der Waals surface area contributed by atoms with Crippen molar-refractivity contribution in [1.82, 2.24) is 9.78 Å². The van der Waals surface area contributed by atoms with E-state index in [1.807, 2.05) is 29.1 Å². The molecule has 1 saturated carbocycles. The van der Waals surface area contributed by atoms with Gasteiger partial charge >= 0.3 is 0 Å². The number of aromatic nitrogens is 2. The van der Waals surface area contributed by atoms with E-state index in [-0.39, 0.29) is 0 Å². The van der Waals surface area contributed by atoms with Crippen LogP contribution in [0.2, 0.25) is 5.02 Å². The minimum absolute atomic E-state index is 0.479. The van der Waals surface area contributed by atoms with Crippen LogP contribution in [0.1, 0.15) is 30.0 Å². The summed E-state index contributed by atoms with van der Waals surface area (Å²) < 4.78 is 1.84. The molecule has 0 N–H and O–H groups in total. The van der Waals surface area contributed by atoms with E-state index >= 15 is 0 Å². The third-order valence-electron chi connectivity index (χ3n) is 3.02. The fraction of sp³-hybridized carbons (Fsp3) is 0.308. The first-order valence-electron chi connectivity index (χ1n) is 5.68. The van der Waals surface area contributed by atoms with Crippen LogP contribution in [0.15, 0.2) is 30.5 Å². The van der Waals surface area contributed by atoms with Gasteiger partial charge in [-0.15, -0.1) is 11.6 Å². The molecule has 3 rings (SSSR count). The molecule has 0 saturated heterocycles. The van der Waals surface area contributed by atoms with Crippen molar-refractivity contribution in [3.8, 4) is 5.69 Å². The van der Waals surface area contributed by atoms with Gasteiger partial charge in [0.15, 0.2) is 0 Å². The van der Waals surface area contributed by atoms with Gasteiger partial charge in [-0.05, 0) is 36.6 Å². The maximum atomic E-state index is 6.23. The monoisotopic (exact) mass is 266 g/mol. The number of nitrogens with zero attached hydrogens (tertiary/aromatic N) is 2. The second-order valence-corrected chi connectivity index (χ2v) is 5.05. The SMILES string of the molecule is ClCc1ccc(-n2ccc(C3CC3)n2)c(Cl)c1. The van der Waals surface area contributed by atoms with Gasteiger partial charge in [-0.3, -0.25) is 0 Å². The molecule has 1 aliphatic carbocycles. The fourth-order valence-corrected chi connectivity index (χ4v) is 2.34. The van der Waals surface area contributed by atoms with Crippen molar-refractivity contribution in [1.29, 1.82) is 0 Å². The van der Waals surface area contributed by atoms with Crippen LogP contribution in [0, 0.1) is 0 Å². The quantitative estimate of drug-likeness (QED) is 0.764. The van der Waals surface area contributed by atoms with Crippen molar-refractivity contribution in [2.24, 2.45) is 0 Å². The Balaban J connectivity index is 1.96. The molecule has 1 aliphatic rings. The molecule has 0 amide bonds. The molecule has 2 nitrogen and oxygen atoms in total. The Bertz CT molecular complexity index is 544. The first-order valence-corrected chi connectivity index (χ1v) is 6.59. The van der Waals surface area contributed by atoms with E-state index in [4.69, 9.17) is 23.2 Å². The molecule has 0 radical (unpaired) electrons. The molecule has 1 fully saturated rings. The lowest BCUT2D eigenvalue weighted by atomic mass is 10.2. The molecule has 0 spiro atoms. The summed E-state index contributed by atoms with van der Waals surface area (Å²) in [5, 5.41) is 5.25. The average Bonchev–Trinajstić information content (AvgIpc) is 3.08. The molecule has 1 heterocycles. The van der Waals surface area contributed by atoms with Gasteiger partial charge in [0.25, 0.3) is 0 Å². The summed E-state index contributed by atoms with van der Waals surface area (Å²) >= 11 is 12.0. The summed E-state index contributed by atoms with van der Waals surface area (Å²) in [5.41, 5.74) is 3.10. The highest BCUT2D eigenvalue weighted by Crippen LogP contribution is 2.39. The summed E-state index contributed by atoms with van der Waals surface area (Å²) in [6.45, 7) is 0. The van der Waals surface area contributed by atoms with E-state index in [1.165, 1.54) is 18.5 Å². The van der Waals surface area contributed by atoms with E-state index in [2.05, 4.69) is 11.2 Å². The number of alkyl halides is 1. The van der Waals surface area contributed by atoms with Gasteiger partial charge in [-0.2, -0.15) is 5.10 Å². The third-order valence-corrected chi connectivity index (χ3v) is 3.63. The highest BCUT2D eigenvalue weighted by atomic mass is 35.5. The number of hydrogen-bond donors (Lipinski definition) is 0. The van der Waals surface area contributed by atoms with Crippen LogP contribution in [0.5, 0.6) is 0 Å². The Labute approximate surface area is 110 Å². The van der Waals surface area contributed by atoms with Crippen molar-refractivity contribution in [2.75, 3.05) is 0 Å². The molecule has 1 aromatic heterocycles. The second kappa shape index (κ2) is 4.35. The predicted molar refractivity (Wildman–Crippen MR) is 70.1 cm³/mol. The fourth-order valence-electron chi connectivity index (χ4n) is 1.89. The molecule has 0 atom stereocenters. The molecule has 0 aliphatic heterocycles. The van der Waals surface area contributed by atoms with Gasteiger partial charge in [0.05, 0.1) is 16.4 Å². The van der Waals surface area contributed by atoms with E-state index in [9.17, 15) is 0 Å². The maximum Gasteiger partial charge on any atom is 0.0832 e. The topological polar surface area (TPSA) is 17.8 Å². The minimum Gasteiger partial charge on any atom is -0.239 e. The van der Waals surface area contributed by atoms with Crippen LogP contribution in [-0.2, 0) is 5.88 Å². The molecule has 17 heavy (non-hydrogen) atoms. The van der Waals surface area contributed by atoms with Crippen LogP contribution < -0.4 is 0 Å². The lowest BCUT2D eigenvalue weighted by Crippen LogP contribution is -1.97. The predicted octanol–water partition coefficient (Wildman–Crippen LogP) is 4.14. The van der Waals surface area contributed by atoms with Crippen LogP contribution in [0.25, 0.3) is 5.69 Å². The molecule has 88 valence electrons. The third kappa shape index (κ3) is 2.20.